The minimum Gasteiger partial charge on any atom is -0.355 e. The van der Waals surface area contributed by atoms with Crippen molar-refractivity contribution >= 4 is 21.8 Å². The molecule has 1 unspecified atom stereocenters. The van der Waals surface area contributed by atoms with E-state index < -0.39 is 10.0 Å². The lowest BCUT2D eigenvalue weighted by Crippen LogP contribution is -2.44. The van der Waals surface area contributed by atoms with Gasteiger partial charge in [-0.05, 0) is 50.9 Å². The number of likely N-dealkylation sites (tertiary alicyclic amines) is 2. The van der Waals surface area contributed by atoms with Gasteiger partial charge in [-0.2, -0.15) is 8.42 Å². The van der Waals surface area contributed by atoms with E-state index in [1.54, 1.807) is 12.1 Å². The first-order valence-electron chi connectivity index (χ1n) is 9.62. The molecule has 0 bridgehead atoms. The molecule has 146 valence electrons. The topological polar surface area (TPSA) is 82.1 Å². The molecule has 0 aliphatic carbocycles. The fourth-order valence-corrected chi connectivity index (χ4v) is 5.63. The molecule has 3 aliphatic heterocycles. The Balaban J connectivity index is 1.40. The van der Waals surface area contributed by atoms with Crippen LogP contribution in [0.1, 0.15) is 24.8 Å². The van der Waals surface area contributed by atoms with Gasteiger partial charge in [0.25, 0.3) is 10.0 Å². The van der Waals surface area contributed by atoms with Gasteiger partial charge in [0.1, 0.15) is 4.90 Å². The quantitative estimate of drug-likeness (QED) is 0.830. The number of hydrogen-bond donors (Lipinski definition) is 1. The zero-order valence-corrected chi connectivity index (χ0v) is 16.4. The predicted molar refractivity (Wildman–Crippen MR) is 103 cm³/mol. The summed E-state index contributed by atoms with van der Waals surface area (Å²) < 4.78 is 28.5. The van der Waals surface area contributed by atoms with Crippen LogP contribution in [0.2, 0.25) is 0 Å². The summed E-state index contributed by atoms with van der Waals surface area (Å²) in [5.74, 6) is 1.37. The van der Waals surface area contributed by atoms with Crippen LogP contribution in [0.15, 0.2) is 33.6 Å². The molecule has 1 N–H and O–H groups in total. The van der Waals surface area contributed by atoms with Crippen LogP contribution in [-0.4, -0.2) is 69.7 Å². The largest absolute Gasteiger partial charge is 0.355 e. The molecule has 27 heavy (non-hydrogen) atoms. The number of nitrogens with one attached hydrogen (secondary N) is 1. The van der Waals surface area contributed by atoms with Crippen LogP contribution in [0.3, 0.4) is 0 Å². The highest BCUT2D eigenvalue weighted by atomic mass is 32.2. The number of nitrogens with zero attached hydrogens (tertiary/aromatic N) is 3. The predicted octanol–water partition coefficient (Wildman–Crippen LogP) is 0.915. The second-order valence-electron chi connectivity index (χ2n) is 7.64. The summed E-state index contributed by atoms with van der Waals surface area (Å²) in [6.45, 7) is 3.97. The van der Waals surface area contributed by atoms with Crippen molar-refractivity contribution in [3.63, 3.8) is 0 Å². The maximum atomic E-state index is 12.8. The molecule has 3 heterocycles. The normalized spacial score (nSPS) is 24.8. The van der Waals surface area contributed by atoms with E-state index in [-0.39, 0.29) is 16.7 Å². The van der Waals surface area contributed by atoms with Crippen molar-refractivity contribution in [2.75, 3.05) is 39.8 Å². The van der Waals surface area contributed by atoms with E-state index in [0.717, 1.165) is 38.9 Å². The van der Waals surface area contributed by atoms with Crippen molar-refractivity contribution in [2.45, 2.75) is 24.2 Å². The average molecular weight is 391 g/mol. The fourth-order valence-electron chi connectivity index (χ4n) is 4.40. The molecule has 1 aromatic rings. The van der Waals surface area contributed by atoms with E-state index in [9.17, 15) is 13.2 Å². The van der Waals surface area contributed by atoms with Crippen LogP contribution in [0.4, 0.5) is 0 Å². The Morgan fingerprint density at radius 2 is 1.93 bits per heavy atom. The van der Waals surface area contributed by atoms with Gasteiger partial charge in [0.15, 0.2) is 5.84 Å². The van der Waals surface area contributed by atoms with E-state index in [0.29, 0.717) is 30.4 Å². The number of rotatable bonds is 3. The standard InChI is InChI=1S/C19H26N4O3S/c1-20-12-14-6-9-23(13-14)19(24)15-7-10-22(11-8-15)18-16-4-2-3-5-17(16)27(25,26)21-18/h2-5,14-15,20H,6-13H2,1H3. The minimum atomic E-state index is -3.59. The summed E-state index contributed by atoms with van der Waals surface area (Å²) in [7, 11) is -1.64. The highest BCUT2D eigenvalue weighted by Gasteiger charge is 2.36. The first kappa shape index (κ1) is 18.4. The zero-order chi connectivity index (χ0) is 19.0. The number of benzene rings is 1. The van der Waals surface area contributed by atoms with Gasteiger partial charge in [-0.15, -0.1) is 4.40 Å². The van der Waals surface area contributed by atoms with Crippen LogP contribution >= 0.6 is 0 Å². The molecule has 8 heteroatoms. The highest BCUT2D eigenvalue weighted by Crippen LogP contribution is 2.30. The summed E-state index contributed by atoms with van der Waals surface area (Å²) in [5, 5.41) is 3.19. The van der Waals surface area contributed by atoms with Crippen LogP contribution in [0.5, 0.6) is 0 Å². The molecule has 2 fully saturated rings. The molecule has 0 saturated carbocycles. The maximum Gasteiger partial charge on any atom is 0.285 e. The Labute approximate surface area is 160 Å². The number of amides is 1. The van der Waals surface area contributed by atoms with Crippen LogP contribution < -0.4 is 5.32 Å². The molecule has 7 nitrogen and oxygen atoms in total. The lowest BCUT2D eigenvalue weighted by Gasteiger charge is -2.34. The third-order valence-corrected chi connectivity index (χ3v) is 7.17. The fraction of sp³-hybridized carbons (Fsp3) is 0.579. The van der Waals surface area contributed by atoms with Gasteiger partial charge < -0.3 is 15.1 Å². The zero-order valence-electron chi connectivity index (χ0n) is 15.6. The molecule has 1 atom stereocenters. The SMILES string of the molecule is CNCC1CCN(C(=O)C2CCN(C3=NS(=O)(=O)c4ccccc43)CC2)C1. The smallest absolute Gasteiger partial charge is 0.285 e. The van der Waals surface area contributed by atoms with Crippen molar-refractivity contribution in [3.05, 3.63) is 29.8 Å². The minimum absolute atomic E-state index is 0.0310. The second kappa shape index (κ2) is 7.24. The molecule has 3 aliphatic rings. The van der Waals surface area contributed by atoms with Crippen LogP contribution in [0.25, 0.3) is 0 Å². The Morgan fingerprint density at radius 1 is 1.19 bits per heavy atom. The lowest BCUT2D eigenvalue weighted by molar-refractivity contribution is -0.135. The molecule has 1 amide bonds. The van der Waals surface area contributed by atoms with Crippen LogP contribution in [-0.2, 0) is 14.8 Å². The first-order chi connectivity index (χ1) is 13.0. The number of carbonyl (C=O) groups excluding carboxylic acids is 1. The van der Waals surface area contributed by atoms with Crippen LogP contribution in [0, 0.1) is 11.8 Å². The van der Waals surface area contributed by atoms with Gasteiger partial charge in [-0.1, -0.05) is 12.1 Å². The monoisotopic (exact) mass is 390 g/mol. The number of hydrogen-bond acceptors (Lipinski definition) is 5. The molecule has 2 saturated heterocycles. The molecule has 0 spiro atoms. The van der Waals surface area contributed by atoms with E-state index in [4.69, 9.17) is 0 Å². The molecule has 4 rings (SSSR count). The lowest BCUT2D eigenvalue weighted by atomic mass is 9.94. The molecule has 1 aromatic carbocycles. The third-order valence-electron chi connectivity index (χ3n) is 5.85. The molecule has 0 radical (unpaired) electrons. The first-order valence-corrected chi connectivity index (χ1v) is 11.1. The summed E-state index contributed by atoms with van der Waals surface area (Å²) >= 11 is 0. The summed E-state index contributed by atoms with van der Waals surface area (Å²) in [4.78, 5) is 17.1. The van der Waals surface area contributed by atoms with Gasteiger partial charge in [0, 0.05) is 37.7 Å². The summed E-state index contributed by atoms with van der Waals surface area (Å²) in [5.41, 5.74) is 0.678. The number of sulfonamides is 1. The van der Waals surface area contributed by atoms with E-state index in [2.05, 4.69) is 9.71 Å². The number of carbonyl (C=O) groups is 1. The van der Waals surface area contributed by atoms with Crippen molar-refractivity contribution in [1.29, 1.82) is 0 Å². The molecular formula is C19H26N4O3S. The Hall–Kier alpha value is -1.93. The number of amidine groups is 1. The Kier molecular flexibility index (Phi) is 4.94. The van der Waals surface area contributed by atoms with Crippen molar-refractivity contribution in [2.24, 2.45) is 16.2 Å². The third kappa shape index (κ3) is 3.48. The van der Waals surface area contributed by atoms with Gasteiger partial charge in [0.2, 0.25) is 5.91 Å². The Morgan fingerprint density at radius 3 is 2.67 bits per heavy atom. The maximum absolute atomic E-state index is 12.8. The molecule has 0 aromatic heterocycles. The number of fused-ring (bicyclic) bond motifs is 1. The van der Waals surface area contributed by atoms with E-state index in [1.807, 2.05) is 29.0 Å². The van der Waals surface area contributed by atoms with E-state index in [1.165, 1.54) is 0 Å². The van der Waals surface area contributed by atoms with Crippen molar-refractivity contribution < 1.29 is 13.2 Å². The van der Waals surface area contributed by atoms with E-state index >= 15 is 0 Å². The van der Waals surface area contributed by atoms with Crippen molar-refractivity contribution in [1.82, 2.24) is 15.1 Å². The average Bonchev–Trinajstić information content (AvgIpc) is 3.25. The Bertz CT molecular complexity index is 859. The van der Waals surface area contributed by atoms with Gasteiger partial charge in [-0.3, -0.25) is 4.79 Å². The van der Waals surface area contributed by atoms with Gasteiger partial charge in [0.05, 0.1) is 0 Å². The highest BCUT2D eigenvalue weighted by molar-refractivity contribution is 7.90. The van der Waals surface area contributed by atoms with Crippen molar-refractivity contribution in [3.8, 4) is 0 Å². The second-order valence-corrected chi connectivity index (χ2v) is 9.22. The summed E-state index contributed by atoms with van der Waals surface area (Å²) in [6, 6.07) is 6.96. The van der Waals surface area contributed by atoms with Gasteiger partial charge >= 0.3 is 0 Å². The van der Waals surface area contributed by atoms with Gasteiger partial charge in [-0.25, -0.2) is 0 Å². The summed E-state index contributed by atoms with van der Waals surface area (Å²) in [6.07, 6.45) is 2.55. The molecular weight excluding hydrogens is 364 g/mol. The number of piperidine rings is 1.